The molecule has 8 heteroatoms. The Labute approximate surface area is 151 Å². The zero-order valence-corrected chi connectivity index (χ0v) is 15.3. The first-order valence-corrected chi connectivity index (χ1v) is 8.86. The first kappa shape index (κ1) is 18.9. The first-order chi connectivity index (χ1) is 11.1. The molecule has 2 aromatic rings. The Morgan fingerprint density at radius 3 is 2.96 bits per heavy atom. The van der Waals surface area contributed by atoms with Crippen LogP contribution in [-0.4, -0.2) is 28.1 Å². The number of halogens is 1. The maximum absolute atomic E-state index is 12.1. The smallest absolute Gasteiger partial charge is 0.226 e. The van der Waals surface area contributed by atoms with Crippen LogP contribution in [0.5, 0.6) is 0 Å². The maximum atomic E-state index is 12.1. The molecule has 0 radical (unpaired) electrons. The van der Waals surface area contributed by atoms with Gasteiger partial charge in [0, 0.05) is 19.4 Å². The van der Waals surface area contributed by atoms with Crippen LogP contribution < -0.4 is 11.1 Å². The Morgan fingerprint density at radius 2 is 2.33 bits per heavy atom. The Bertz CT molecular complexity index is 657. The summed E-state index contributed by atoms with van der Waals surface area (Å²) in [6, 6.07) is 3.91. The molecule has 3 N–H and O–H groups in total. The van der Waals surface area contributed by atoms with Gasteiger partial charge in [0.25, 0.3) is 0 Å². The van der Waals surface area contributed by atoms with Gasteiger partial charge in [0.05, 0.1) is 10.4 Å². The molecule has 1 aliphatic carbocycles. The van der Waals surface area contributed by atoms with Gasteiger partial charge in [-0.15, -0.1) is 23.7 Å². The molecule has 1 saturated carbocycles. The van der Waals surface area contributed by atoms with E-state index in [-0.39, 0.29) is 23.9 Å². The summed E-state index contributed by atoms with van der Waals surface area (Å²) in [6.07, 6.45) is 4.04. The van der Waals surface area contributed by atoms with Crippen LogP contribution >= 0.6 is 23.7 Å². The Morgan fingerprint density at radius 1 is 1.54 bits per heavy atom. The highest BCUT2D eigenvalue weighted by Gasteiger charge is 2.41. The van der Waals surface area contributed by atoms with Gasteiger partial charge in [-0.2, -0.15) is 4.98 Å². The predicted molar refractivity (Wildman–Crippen MR) is 96.1 cm³/mol. The highest BCUT2D eigenvalue weighted by atomic mass is 35.5. The van der Waals surface area contributed by atoms with Gasteiger partial charge in [-0.05, 0) is 43.6 Å². The lowest BCUT2D eigenvalue weighted by molar-refractivity contribution is -0.123. The molecule has 132 valence electrons. The summed E-state index contributed by atoms with van der Waals surface area (Å²) >= 11 is 1.57. The van der Waals surface area contributed by atoms with Crippen LogP contribution in [0.25, 0.3) is 10.7 Å². The molecule has 1 amide bonds. The van der Waals surface area contributed by atoms with Crippen molar-refractivity contribution in [1.82, 2.24) is 15.5 Å². The molecule has 0 aromatic carbocycles. The van der Waals surface area contributed by atoms with Crippen LogP contribution in [0.2, 0.25) is 0 Å². The molecule has 24 heavy (non-hydrogen) atoms. The van der Waals surface area contributed by atoms with Crippen LogP contribution in [0.4, 0.5) is 0 Å². The van der Waals surface area contributed by atoms with Gasteiger partial charge in [-0.1, -0.05) is 11.2 Å². The molecule has 1 fully saturated rings. The monoisotopic (exact) mass is 370 g/mol. The number of carbonyl (C=O) groups is 1. The number of aryl methyl sites for hydroxylation is 1. The summed E-state index contributed by atoms with van der Waals surface area (Å²) in [7, 11) is 0. The standard InChI is InChI=1S/C16H22N4O2S.ClH/c1-16(10-17,11-7-8-11)19-13(21)5-2-6-14-18-15(20-22-14)12-4-3-9-23-12;/h3-4,9,11H,2,5-8,10,17H2,1H3,(H,19,21);1H. The fourth-order valence-electron chi connectivity index (χ4n) is 2.68. The van der Waals surface area contributed by atoms with Gasteiger partial charge >= 0.3 is 0 Å². The summed E-state index contributed by atoms with van der Waals surface area (Å²) in [6.45, 7) is 2.52. The molecular weight excluding hydrogens is 348 g/mol. The number of hydrogen-bond donors (Lipinski definition) is 2. The fraction of sp³-hybridized carbons (Fsp3) is 0.562. The number of thiophene rings is 1. The van der Waals surface area contributed by atoms with Gasteiger partial charge in [0.1, 0.15) is 0 Å². The second-order valence-corrected chi connectivity index (χ2v) is 7.23. The summed E-state index contributed by atoms with van der Waals surface area (Å²) in [5.74, 6) is 1.76. The van der Waals surface area contributed by atoms with E-state index in [0.717, 1.165) is 17.7 Å². The van der Waals surface area contributed by atoms with Crippen molar-refractivity contribution in [3.8, 4) is 10.7 Å². The maximum Gasteiger partial charge on any atom is 0.226 e. The fourth-order valence-corrected chi connectivity index (χ4v) is 3.33. The molecule has 1 aliphatic rings. The van der Waals surface area contributed by atoms with Crippen molar-refractivity contribution in [3.05, 3.63) is 23.4 Å². The quantitative estimate of drug-likeness (QED) is 0.745. The van der Waals surface area contributed by atoms with Crippen molar-refractivity contribution in [3.63, 3.8) is 0 Å². The molecular formula is C16H23ClN4O2S. The Kier molecular flexibility index (Phi) is 6.37. The summed E-state index contributed by atoms with van der Waals surface area (Å²) in [5, 5.41) is 9.03. The van der Waals surface area contributed by atoms with Crippen molar-refractivity contribution in [2.75, 3.05) is 6.54 Å². The molecule has 6 nitrogen and oxygen atoms in total. The van der Waals surface area contributed by atoms with Gasteiger partial charge in [-0.25, -0.2) is 0 Å². The SMILES string of the molecule is CC(CN)(NC(=O)CCCc1nc(-c2cccs2)no1)C1CC1.Cl. The lowest BCUT2D eigenvalue weighted by atomic mass is 9.95. The molecule has 1 atom stereocenters. The van der Waals surface area contributed by atoms with E-state index in [1.807, 2.05) is 24.4 Å². The number of carbonyl (C=O) groups excluding carboxylic acids is 1. The summed E-state index contributed by atoms with van der Waals surface area (Å²) < 4.78 is 5.23. The first-order valence-electron chi connectivity index (χ1n) is 7.98. The highest BCUT2D eigenvalue weighted by molar-refractivity contribution is 7.13. The van der Waals surface area contributed by atoms with Crippen molar-refractivity contribution in [2.45, 2.75) is 44.6 Å². The van der Waals surface area contributed by atoms with Crippen molar-refractivity contribution < 1.29 is 9.32 Å². The minimum atomic E-state index is -0.256. The number of rotatable bonds is 8. The Hall–Kier alpha value is -1.44. The molecule has 0 aliphatic heterocycles. The van der Waals surface area contributed by atoms with Crippen LogP contribution in [0, 0.1) is 5.92 Å². The predicted octanol–water partition coefficient (Wildman–Crippen LogP) is 2.79. The summed E-state index contributed by atoms with van der Waals surface area (Å²) in [4.78, 5) is 17.4. The van der Waals surface area contributed by atoms with E-state index in [2.05, 4.69) is 15.5 Å². The van der Waals surface area contributed by atoms with Crippen molar-refractivity contribution in [1.29, 1.82) is 0 Å². The number of nitrogens with two attached hydrogens (primary N) is 1. The zero-order chi connectivity index (χ0) is 16.3. The van der Waals surface area contributed by atoms with Gasteiger partial charge in [-0.3, -0.25) is 4.79 Å². The van der Waals surface area contributed by atoms with Crippen LogP contribution in [0.3, 0.4) is 0 Å². The second-order valence-electron chi connectivity index (χ2n) is 6.29. The molecule has 0 spiro atoms. The van der Waals surface area contributed by atoms with Gasteiger partial charge < -0.3 is 15.6 Å². The molecule has 2 aromatic heterocycles. The normalized spacial score (nSPS) is 16.2. The highest BCUT2D eigenvalue weighted by Crippen LogP contribution is 2.39. The summed E-state index contributed by atoms with van der Waals surface area (Å²) in [5.41, 5.74) is 5.56. The molecule has 1 unspecified atom stereocenters. The van der Waals surface area contributed by atoms with Gasteiger partial charge in [0.15, 0.2) is 0 Å². The number of aromatic nitrogens is 2. The van der Waals surface area contributed by atoms with Crippen molar-refractivity contribution in [2.24, 2.45) is 11.7 Å². The largest absolute Gasteiger partial charge is 0.349 e. The molecule has 2 heterocycles. The van der Waals surface area contributed by atoms with E-state index in [0.29, 0.717) is 43.4 Å². The number of nitrogens with zero attached hydrogens (tertiary/aromatic N) is 2. The third kappa shape index (κ3) is 4.55. The third-order valence-electron chi connectivity index (χ3n) is 4.33. The number of amides is 1. The van der Waals surface area contributed by atoms with Gasteiger partial charge in [0.2, 0.25) is 17.6 Å². The second kappa shape index (κ2) is 8.09. The Balaban J connectivity index is 0.00000208. The molecule has 0 bridgehead atoms. The van der Waals surface area contributed by atoms with E-state index in [1.54, 1.807) is 11.3 Å². The third-order valence-corrected chi connectivity index (χ3v) is 5.20. The van der Waals surface area contributed by atoms with Crippen LogP contribution in [0.1, 0.15) is 38.5 Å². The van der Waals surface area contributed by atoms with E-state index in [9.17, 15) is 4.79 Å². The zero-order valence-electron chi connectivity index (χ0n) is 13.7. The lowest BCUT2D eigenvalue weighted by Crippen LogP contribution is -2.53. The van der Waals surface area contributed by atoms with Crippen LogP contribution in [-0.2, 0) is 11.2 Å². The number of hydrogen-bond acceptors (Lipinski definition) is 6. The molecule has 3 rings (SSSR count). The topological polar surface area (TPSA) is 94.0 Å². The minimum Gasteiger partial charge on any atom is -0.349 e. The van der Waals surface area contributed by atoms with Crippen molar-refractivity contribution >= 4 is 29.7 Å². The average molecular weight is 371 g/mol. The van der Waals surface area contributed by atoms with E-state index < -0.39 is 0 Å². The van der Waals surface area contributed by atoms with E-state index in [1.165, 1.54) is 0 Å². The van der Waals surface area contributed by atoms with Crippen LogP contribution in [0.15, 0.2) is 22.0 Å². The molecule has 0 saturated heterocycles. The van der Waals surface area contributed by atoms with E-state index >= 15 is 0 Å². The number of nitrogens with one attached hydrogen (secondary N) is 1. The average Bonchev–Trinajstić information content (AvgIpc) is 3.07. The minimum absolute atomic E-state index is 0. The van der Waals surface area contributed by atoms with E-state index in [4.69, 9.17) is 10.3 Å². The lowest BCUT2D eigenvalue weighted by Gasteiger charge is -2.29.